The molecule has 0 radical (unpaired) electrons. The number of benzene rings is 1. The van der Waals surface area contributed by atoms with Crippen LogP contribution >= 0.6 is 12.6 Å². The van der Waals surface area contributed by atoms with Crippen molar-refractivity contribution in [2.45, 2.75) is 122 Å². The molecule has 1 aromatic rings. The van der Waals surface area contributed by atoms with Gasteiger partial charge in [0, 0.05) is 36.1 Å². The van der Waals surface area contributed by atoms with E-state index in [0.717, 1.165) is 18.4 Å². The van der Waals surface area contributed by atoms with Crippen LogP contribution in [0.4, 0.5) is 4.79 Å². The second-order valence-electron chi connectivity index (χ2n) is 13.9. The first-order valence-electron chi connectivity index (χ1n) is 16.4. The molecule has 2 fully saturated rings. The Morgan fingerprint density at radius 3 is 2.22 bits per heavy atom. The molecule has 6 atom stereocenters. The van der Waals surface area contributed by atoms with Crippen LogP contribution in [-0.4, -0.2) is 71.2 Å². The predicted octanol–water partition coefficient (Wildman–Crippen LogP) is 3.69. The Balaban J connectivity index is 1.75. The van der Waals surface area contributed by atoms with Crippen LogP contribution in [0.25, 0.3) is 0 Å². The van der Waals surface area contributed by atoms with E-state index in [1.54, 1.807) is 6.92 Å². The fourth-order valence-corrected chi connectivity index (χ4v) is 5.95. The van der Waals surface area contributed by atoms with E-state index in [1.807, 2.05) is 65.0 Å². The monoisotopic (exact) mass is 660 g/mol. The summed E-state index contributed by atoms with van der Waals surface area (Å²) in [5.74, 6) is -1.24. The summed E-state index contributed by atoms with van der Waals surface area (Å²) in [6.45, 7) is 11.6. The summed E-state index contributed by atoms with van der Waals surface area (Å²) in [4.78, 5) is 65.5. The molecular weight excluding hydrogens is 608 g/mol. The largest absolute Gasteiger partial charge is 0.445 e. The van der Waals surface area contributed by atoms with Crippen molar-refractivity contribution in [1.29, 1.82) is 0 Å². The van der Waals surface area contributed by atoms with Gasteiger partial charge in [0.05, 0.1) is 11.7 Å². The van der Waals surface area contributed by atoms with Gasteiger partial charge in [-0.25, -0.2) is 4.79 Å². The van der Waals surface area contributed by atoms with Crippen molar-refractivity contribution in [2.24, 2.45) is 17.8 Å². The van der Waals surface area contributed by atoms with Gasteiger partial charge in [-0.3, -0.25) is 19.2 Å². The lowest BCUT2D eigenvalue weighted by Gasteiger charge is -2.32. The molecule has 0 bridgehead atoms. The Kier molecular flexibility index (Phi) is 13.9. The predicted molar refractivity (Wildman–Crippen MR) is 178 cm³/mol. The average Bonchev–Trinajstić information content (AvgIpc) is 3.75. The SMILES string of the molecule is CC(C)C[C@H](NC(=O)[C@@H](NC(=O)OCc1ccccc1)[C@@H](C)OC(C)(C)C)C(=O)N[C@@H](C[C@@H]1CCNC1=O)[C@@H](S)CC(=O)C1CC1. The van der Waals surface area contributed by atoms with Gasteiger partial charge in [-0.2, -0.15) is 12.6 Å². The van der Waals surface area contributed by atoms with Crippen LogP contribution in [-0.2, 0) is 35.3 Å². The zero-order valence-electron chi connectivity index (χ0n) is 28.0. The molecule has 3 rings (SSSR count). The normalized spacial score (nSPS) is 19.7. The van der Waals surface area contributed by atoms with E-state index in [4.69, 9.17) is 22.1 Å². The number of ether oxygens (including phenoxy) is 2. The first-order valence-corrected chi connectivity index (χ1v) is 16.9. The highest BCUT2D eigenvalue weighted by Gasteiger charge is 2.38. The Labute approximate surface area is 278 Å². The lowest BCUT2D eigenvalue weighted by atomic mass is 9.93. The molecule has 2 aliphatic rings. The van der Waals surface area contributed by atoms with Crippen LogP contribution in [0.3, 0.4) is 0 Å². The molecule has 1 saturated carbocycles. The third-order valence-corrected chi connectivity index (χ3v) is 8.60. The van der Waals surface area contributed by atoms with Crippen molar-refractivity contribution in [1.82, 2.24) is 21.3 Å². The lowest BCUT2D eigenvalue weighted by molar-refractivity contribution is -0.135. The highest BCUT2D eigenvalue weighted by Crippen LogP contribution is 2.33. The van der Waals surface area contributed by atoms with E-state index in [9.17, 15) is 24.0 Å². The lowest BCUT2D eigenvalue weighted by Crippen LogP contribution is -2.59. The highest BCUT2D eigenvalue weighted by molar-refractivity contribution is 7.81. The molecule has 256 valence electrons. The van der Waals surface area contributed by atoms with Gasteiger partial charge in [0.15, 0.2) is 0 Å². The van der Waals surface area contributed by atoms with E-state index in [1.165, 1.54) is 0 Å². The maximum Gasteiger partial charge on any atom is 0.408 e. The highest BCUT2D eigenvalue weighted by atomic mass is 32.1. The smallest absolute Gasteiger partial charge is 0.408 e. The van der Waals surface area contributed by atoms with Gasteiger partial charge in [-0.05, 0) is 71.3 Å². The quantitative estimate of drug-likeness (QED) is 0.160. The van der Waals surface area contributed by atoms with E-state index >= 15 is 0 Å². The van der Waals surface area contributed by atoms with Crippen LogP contribution in [0.5, 0.6) is 0 Å². The third-order valence-electron chi connectivity index (χ3n) is 8.05. The maximum atomic E-state index is 13.8. The van der Waals surface area contributed by atoms with Gasteiger partial charge >= 0.3 is 6.09 Å². The summed E-state index contributed by atoms with van der Waals surface area (Å²) >= 11 is 4.72. The second kappa shape index (κ2) is 17.2. The van der Waals surface area contributed by atoms with Crippen LogP contribution < -0.4 is 21.3 Å². The summed E-state index contributed by atoms with van der Waals surface area (Å²) in [5.41, 5.74) is 0.166. The molecule has 11 nitrogen and oxygen atoms in total. The average molecular weight is 661 g/mol. The molecule has 12 heteroatoms. The number of nitrogens with one attached hydrogen (secondary N) is 4. The molecule has 0 aromatic heterocycles. The molecule has 1 heterocycles. The molecule has 46 heavy (non-hydrogen) atoms. The third kappa shape index (κ3) is 12.6. The number of alkyl carbamates (subject to hydrolysis) is 1. The summed E-state index contributed by atoms with van der Waals surface area (Å²) in [5, 5.41) is 10.8. The first-order chi connectivity index (χ1) is 21.6. The van der Waals surface area contributed by atoms with Crippen molar-refractivity contribution in [3.05, 3.63) is 35.9 Å². The first kappa shape index (κ1) is 37.3. The zero-order chi connectivity index (χ0) is 34.0. The Morgan fingerprint density at radius 2 is 1.65 bits per heavy atom. The molecule has 1 aliphatic carbocycles. The number of carbonyl (C=O) groups is 5. The van der Waals surface area contributed by atoms with E-state index in [2.05, 4.69) is 21.3 Å². The fraction of sp³-hybridized carbons (Fsp3) is 0.676. The number of carbonyl (C=O) groups excluding carboxylic acids is 5. The van der Waals surface area contributed by atoms with Gasteiger partial charge in [-0.1, -0.05) is 44.2 Å². The van der Waals surface area contributed by atoms with E-state index in [0.29, 0.717) is 25.8 Å². The van der Waals surface area contributed by atoms with Gasteiger partial charge in [-0.15, -0.1) is 0 Å². The molecule has 0 unspecified atom stereocenters. The minimum atomic E-state index is -1.17. The number of ketones is 1. The van der Waals surface area contributed by atoms with Crippen molar-refractivity contribution in [3.8, 4) is 0 Å². The van der Waals surface area contributed by atoms with Crippen LogP contribution in [0.2, 0.25) is 0 Å². The van der Waals surface area contributed by atoms with Crippen molar-refractivity contribution in [2.75, 3.05) is 6.54 Å². The molecule has 1 aliphatic heterocycles. The van der Waals surface area contributed by atoms with Gasteiger partial charge in [0.2, 0.25) is 17.7 Å². The maximum absolute atomic E-state index is 13.8. The fourth-order valence-electron chi connectivity index (χ4n) is 5.57. The molecule has 4 amide bonds. The van der Waals surface area contributed by atoms with Gasteiger partial charge < -0.3 is 30.7 Å². The van der Waals surface area contributed by atoms with E-state index < -0.39 is 53.0 Å². The number of amides is 4. The minimum Gasteiger partial charge on any atom is -0.445 e. The molecule has 1 aromatic carbocycles. The Bertz CT molecular complexity index is 1200. The summed E-state index contributed by atoms with van der Waals surface area (Å²) in [6.07, 6.45) is 1.64. The molecule has 1 saturated heterocycles. The zero-order valence-corrected chi connectivity index (χ0v) is 28.9. The number of rotatable bonds is 17. The summed E-state index contributed by atoms with van der Waals surface area (Å²) < 4.78 is 11.4. The summed E-state index contributed by atoms with van der Waals surface area (Å²) in [7, 11) is 0. The number of hydrogen-bond acceptors (Lipinski definition) is 8. The number of Topliss-reactive ketones (excluding diaryl/α,β-unsaturated/α-hetero) is 1. The Hall–Kier alpha value is -3.12. The van der Waals surface area contributed by atoms with Crippen molar-refractivity contribution < 1.29 is 33.4 Å². The van der Waals surface area contributed by atoms with Crippen LogP contribution in [0, 0.1) is 17.8 Å². The van der Waals surface area contributed by atoms with Gasteiger partial charge in [0.1, 0.15) is 24.5 Å². The molecule has 4 N–H and O–H groups in total. The van der Waals surface area contributed by atoms with Crippen molar-refractivity contribution >= 4 is 42.2 Å². The number of thiol groups is 1. The topological polar surface area (TPSA) is 152 Å². The summed E-state index contributed by atoms with van der Waals surface area (Å²) in [6, 6.07) is 6.47. The van der Waals surface area contributed by atoms with Crippen LogP contribution in [0.1, 0.15) is 85.6 Å². The Morgan fingerprint density at radius 1 is 0.978 bits per heavy atom. The van der Waals surface area contributed by atoms with Gasteiger partial charge in [0.25, 0.3) is 0 Å². The van der Waals surface area contributed by atoms with Crippen molar-refractivity contribution in [3.63, 3.8) is 0 Å². The minimum absolute atomic E-state index is 0.0163. The van der Waals surface area contributed by atoms with Crippen LogP contribution in [0.15, 0.2) is 30.3 Å². The second-order valence-corrected chi connectivity index (χ2v) is 14.6. The van der Waals surface area contributed by atoms with E-state index in [-0.39, 0.29) is 42.5 Å². The molecule has 0 spiro atoms. The standard InChI is InChI=1S/C34H52N4O7S/c1-20(2)16-26(31(41)36-25(17-24-14-15-35-30(24)40)28(46)18-27(39)23-12-13-23)37-32(42)29(21(3)45-34(4,5)6)38-33(43)44-19-22-10-8-7-9-11-22/h7-11,20-21,23-26,28-29,46H,12-19H2,1-6H3,(H,35,40)(H,36,41)(H,37,42)(H,38,43)/t21-,24+,25+,26+,28+,29+/m1/s1. The number of hydrogen-bond donors (Lipinski definition) is 5. The molecular formula is C34H52N4O7S.